The molecule has 3 aromatic carbocycles. The van der Waals surface area contributed by atoms with E-state index in [4.69, 9.17) is 17.3 Å². The minimum Gasteiger partial charge on any atom is -0.351 e. The fraction of sp³-hybridized carbons (Fsp3) is 0.395. The van der Waals surface area contributed by atoms with E-state index in [0.29, 0.717) is 36.1 Å². The second kappa shape index (κ2) is 19.4. The first kappa shape index (κ1) is 39.5. The molecule has 6 N–H and O–H groups in total. The number of hydrogen-bond donors (Lipinski definition) is 5. The average molecular weight is 736 g/mol. The van der Waals surface area contributed by atoms with Crippen LogP contribution in [-0.4, -0.2) is 76.6 Å². The van der Waals surface area contributed by atoms with Gasteiger partial charge in [0, 0.05) is 42.2 Å². The number of nitrogens with two attached hydrogens (primary N) is 1. The van der Waals surface area contributed by atoms with Crippen LogP contribution < -0.4 is 21.7 Å². The van der Waals surface area contributed by atoms with Gasteiger partial charge in [-0.2, -0.15) is 0 Å². The lowest BCUT2D eigenvalue weighted by Crippen LogP contribution is -2.48. The van der Waals surface area contributed by atoms with Crippen LogP contribution in [0, 0.1) is 11.8 Å². The van der Waals surface area contributed by atoms with E-state index >= 15 is 0 Å². The van der Waals surface area contributed by atoms with Gasteiger partial charge in [-0.25, -0.2) is 0 Å². The average Bonchev–Trinajstić information content (AvgIpc) is 3.59. The predicted octanol–water partition coefficient (Wildman–Crippen LogP) is 5.72. The number of aromatic nitrogens is 3. The van der Waals surface area contributed by atoms with Gasteiger partial charge in [-0.1, -0.05) is 50.2 Å². The summed E-state index contributed by atoms with van der Waals surface area (Å²) >= 11 is 5.88. The normalized spacial score (nSPS) is 16.2. The molecule has 0 saturated heterocycles. The number of halogens is 2. The standard InChI is InChI=1S/C38H47ClN8O3.ClH/c1-3-47(4-2)20-19-41-35(48)31-10-6-9-30(23-31)29-8-5-7-26(21-29)22-33(43-36(49)28-13-11-25(24-40)12-14-28)37(50)42-32-17-15-27(16-18-32)34-44-38(39)46-45-34;/h5-10,15-18,21,23,25,28,33H,3-4,11-14,19-20,22,24,40H2,1-2H3,(H,41,48)(H,42,50)(H,43,49)(H,44,45,46);1H/t25-,28-,33-;/m0./s1. The number of nitrogens with one attached hydrogen (secondary N) is 4. The number of rotatable bonds is 15. The highest BCUT2D eigenvalue weighted by Gasteiger charge is 2.29. The van der Waals surface area contributed by atoms with E-state index in [1.807, 2.05) is 48.5 Å². The van der Waals surface area contributed by atoms with E-state index < -0.39 is 6.04 Å². The van der Waals surface area contributed by atoms with Gasteiger partial charge in [0.15, 0.2) is 5.82 Å². The molecule has 51 heavy (non-hydrogen) atoms. The molecule has 13 heteroatoms. The van der Waals surface area contributed by atoms with E-state index in [2.05, 4.69) is 49.9 Å². The van der Waals surface area contributed by atoms with Crippen LogP contribution in [0.2, 0.25) is 5.28 Å². The number of carbonyl (C=O) groups is 3. The third-order valence-corrected chi connectivity index (χ3v) is 9.67. The second-order valence-corrected chi connectivity index (χ2v) is 13.2. The van der Waals surface area contributed by atoms with E-state index in [9.17, 15) is 14.4 Å². The SMILES string of the molecule is CCN(CC)CCNC(=O)c1cccc(-c2cccc(C[C@H](NC(=O)[C@H]3CC[C@H](CN)CC3)C(=O)Nc3ccc(-c4nnc(Cl)[nH]4)cc3)c2)c1.Cl. The van der Waals surface area contributed by atoms with Crippen LogP contribution in [-0.2, 0) is 16.0 Å². The van der Waals surface area contributed by atoms with Crippen LogP contribution in [0.15, 0.2) is 72.8 Å². The van der Waals surface area contributed by atoms with Gasteiger partial charge in [-0.3, -0.25) is 14.4 Å². The molecule has 1 aliphatic rings. The Labute approximate surface area is 310 Å². The number of carbonyl (C=O) groups excluding carboxylic acids is 3. The Morgan fingerprint density at radius 3 is 2.25 bits per heavy atom. The summed E-state index contributed by atoms with van der Waals surface area (Å²) in [6.45, 7) is 8.09. The molecule has 1 aliphatic carbocycles. The Hall–Kier alpha value is -4.29. The van der Waals surface area contributed by atoms with Crippen LogP contribution in [0.1, 0.15) is 55.5 Å². The molecule has 0 radical (unpaired) electrons. The summed E-state index contributed by atoms with van der Waals surface area (Å²) in [5, 5.41) is 17.1. The van der Waals surface area contributed by atoms with Crippen LogP contribution in [0.5, 0.6) is 0 Å². The molecule has 0 unspecified atom stereocenters. The summed E-state index contributed by atoms with van der Waals surface area (Å²) in [6, 6.07) is 21.7. The minimum atomic E-state index is -0.819. The summed E-state index contributed by atoms with van der Waals surface area (Å²) < 4.78 is 0. The van der Waals surface area contributed by atoms with Crippen molar-refractivity contribution in [3.63, 3.8) is 0 Å². The number of anilines is 1. The highest BCUT2D eigenvalue weighted by atomic mass is 35.5. The van der Waals surface area contributed by atoms with Crippen molar-refractivity contribution >= 4 is 47.4 Å². The van der Waals surface area contributed by atoms with Gasteiger partial charge >= 0.3 is 0 Å². The van der Waals surface area contributed by atoms with Crippen molar-refractivity contribution in [2.45, 2.75) is 52.0 Å². The fourth-order valence-electron chi connectivity index (χ4n) is 6.39. The van der Waals surface area contributed by atoms with Crippen molar-refractivity contribution in [3.05, 3.63) is 89.2 Å². The van der Waals surface area contributed by atoms with Crippen LogP contribution in [0.4, 0.5) is 5.69 Å². The molecule has 11 nitrogen and oxygen atoms in total. The molecule has 0 aliphatic heterocycles. The third-order valence-electron chi connectivity index (χ3n) is 9.50. The number of H-pyrrole nitrogens is 1. The van der Waals surface area contributed by atoms with Gasteiger partial charge in [0.25, 0.3) is 5.91 Å². The number of hydrogen-bond acceptors (Lipinski definition) is 7. The Morgan fingerprint density at radius 2 is 1.61 bits per heavy atom. The molecule has 0 spiro atoms. The second-order valence-electron chi connectivity index (χ2n) is 12.8. The maximum atomic E-state index is 13.8. The zero-order chi connectivity index (χ0) is 35.5. The smallest absolute Gasteiger partial charge is 0.251 e. The zero-order valence-electron chi connectivity index (χ0n) is 29.2. The van der Waals surface area contributed by atoms with E-state index in [1.165, 1.54) is 0 Å². The summed E-state index contributed by atoms with van der Waals surface area (Å²) in [7, 11) is 0. The Kier molecular flexibility index (Phi) is 15.0. The Morgan fingerprint density at radius 1 is 0.922 bits per heavy atom. The van der Waals surface area contributed by atoms with Crippen molar-refractivity contribution in [2.24, 2.45) is 17.6 Å². The number of nitrogens with zero attached hydrogens (tertiary/aromatic N) is 3. The van der Waals surface area contributed by atoms with E-state index in [1.54, 1.807) is 24.3 Å². The van der Waals surface area contributed by atoms with Crippen molar-refractivity contribution in [2.75, 3.05) is 38.0 Å². The predicted molar refractivity (Wildman–Crippen MR) is 205 cm³/mol. The van der Waals surface area contributed by atoms with Crippen molar-refractivity contribution in [1.29, 1.82) is 0 Å². The molecule has 1 fully saturated rings. The first-order valence-electron chi connectivity index (χ1n) is 17.5. The molecule has 3 amide bonds. The molecule has 5 rings (SSSR count). The first-order chi connectivity index (χ1) is 24.3. The molecule has 4 aromatic rings. The molecule has 1 heterocycles. The Bertz CT molecular complexity index is 1740. The molecule has 1 saturated carbocycles. The highest BCUT2D eigenvalue weighted by Crippen LogP contribution is 2.29. The summed E-state index contributed by atoms with van der Waals surface area (Å²) in [4.78, 5) is 45.4. The molecular formula is C38H48Cl2N8O3. The van der Waals surface area contributed by atoms with Gasteiger partial charge in [-0.05, 0) is 116 Å². The van der Waals surface area contributed by atoms with Crippen molar-refractivity contribution in [3.8, 4) is 22.5 Å². The lowest BCUT2D eigenvalue weighted by molar-refractivity contribution is -0.130. The van der Waals surface area contributed by atoms with Crippen LogP contribution >= 0.6 is 24.0 Å². The molecule has 272 valence electrons. The van der Waals surface area contributed by atoms with Gasteiger partial charge in [0.05, 0.1) is 0 Å². The summed E-state index contributed by atoms with van der Waals surface area (Å²) in [5.41, 5.74) is 10.5. The minimum absolute atomic E-state index is 0. The number of benzene rings is 3. The van der Waals surface area contributed by atoms with Gasteiger partial charge in [-0.15, -0.1) is 22.6 Å². The quantitative estimate of drug-likeness (QED) is 0.105. The number of aromatic amines is 1. The fourth-order valence-corrected chi connectivity index (χ4v) is 6.52. The monoisotopic (exact) mass is 734 g/mol. The Balaban J connectivity index is 0.00000583. The lowest BCUT2D eigenvalue weighted by atomic mass is 9.81. The maximum Gasteiger partial charge on any atom is 0.251 e. The van der Waals surface area contributed by atoms with Crippen molar-refractivity contribution in [1.82, 2.24) is 30.7 Å². The highest BCUT2D eigenvalue weighted by molar-refractivity contribution is 6.28. The molecular weight excluding hydrogens is 687 g/mol. The summed E-state index contributed by atoms with van der Waals surface area (Å²) in [5.74, 6) is 0.242. The van der Waals surface area contributed by atoms with Crippen LogP contribution in [0.3, 0.4) is 0 Å². The van der Waals surface area contributed by atoms with Crippen LogP contribution in [0.25, 0.3) is 22.5 Å². The molecule has 0 bridgehead atoms. The van der Waals surface area contributed by atoms with Gasteiger partial charge in [0.2, 0.25) is 17.1 Å². The molecule has 1 atom stereocenters. The largest absolute Gasteiger partial charge is 0.351 e. The van der Waals surface area contributed by atoms with E-state index in [-0.39, 0.29) is 47.8 Å². The topological polar surface area (TPSA) is 158 Å². The third kappa shape index (κ3) is 11.1. The maximum absolute atomic E-state index is 13.8. The zero-order valence-corrected chi connectivity index (χ0v) is 30.7. The van der Waals surface area contributed by atoms with E-state index in [0.717, 1.165) is 67.6 Å². The first-order valence-corrected chi connectivity index (χ1v) is 17.8. The number of amides is 3. The number of likely N-dealkylation sites (N-methyl/N-ethyl adjacent to an activating group) is 1. The van der Waals surface area contributed by atoms with Crippen molar-refractivity contribution < 1.29 is 14.4 Å². The summed E-state index contributed by atoms with van der Waals surface area (Å²) in [6.07, 6.45) is 3.60. The lowest BCUT2D eigenvalue weighted by Gasteiger charge is -2.28. The molecule has 1 aromatic heterocycles. The van der Waals surface area contributed by atoms with Gasteiger partial charge < -0.3 is 31.6 Å². The van der Waals surface area contributed by atoms with Gasteiger partial charge in [0.1, 0.15) is 6.04 Å².